The fourth-order valence-corrected chi connectivity index (χ4v) is 4.93. The summed E-state index contributed by atoms with van der Waals surface area (Å²) >= 11 is 7.61. The van der Waals surface area contributed by atoms with Gasteiger partial charge in [0, 0.05) is 10.8 Å². The molecule has 160 valence electrons. The zero-order valence-corrected chi connectivity index (χ0v) is 18.7. The number of anilines is 1. The summed E-state index contributed by atoms with van der Waals surface area (Å²) in [6.07, 6.45) is 0. The lowest BCUT2D eigenvalue weighted by molar-refractivity contribution is 0.0924. The Morgan fingerprint density at radius 3 is 2.12 bits per heavy atom. The van der Waals surface area contributed by atoms with E-state index in [1.165, 1.54) is 16.4 Å². The summed E-state index contributed by atoms with van der Waals surface area (Å²) in [7, 11) is 0. The molecule has 6 nitrogen and oxygen atoms in total. The highest BCUT2D eigenvalue weighted by Crippen LogP contribution is 2.38. The molecule has 0 bridgehead atoms. The lowest BCUT2D eigenvalue weighted by Gasteiger charge is -2.16. The molecular formula is C25H15ClN4O2S. The predicted octanol–water partition coefficient (Wildman–Crippen LogP) is 5.49. The van der Waals surface area contributed by atoms with E-state index in [-0.39, 0.29) is 11.4 Å². The summed E-state index contributed by atoms with van der Waals surface area (Å²) in [5, 5.41) is 15.7. The average molecular weight is 471 g/mol. The quantitative estimate of drug-likeness (QED) is 0.284. The van der Waals surface area contributed by atoms with Crippen molar-refractivity contribution >= 4 is 41.0 Å². The number of imide groups is 1. The minimum atomic E-state index is -0.480. The number of hydrogen-bond acceptors (Lipinski definition) is 5. The van der Waals surface area contributed by atoms with Crippen molar-refractivity contribution < 1.29 is 9.59 Å². The first-order valence-electron chi connectivity index (χ1n) is 10.0. The molecule has 0 N–H and O–H groups in total. The van der Waals surface area contributed by atoms with Gasteiger partial charge in [-0.05, 0) is 35.9 Å². The number of fused-ring (bicyclic) bond motifs is 1. The van der Waals surface area contributed by atoms with Crippen LogP contribution in [0, 0.1) is 11.3 Å². The van der Waals surface area contributed by atoms with Gasteiger partial charge in [-0.15, -0.1) is 0 Å². The number of nitriles is 1. The van der Waals surface area contributed by atoms with Crippen LogP contribution in [0.15, 0.2) is 83.9 Å². The molecule has 2 heterocycles. The van der Waals surface area contributed by atoms with E-state index in [9.17, 15) is 14.9 Å². The third kappa shape index (κ3) is 3.59. The van der Waals surface area contributed by atoms with Crippen LogP contribution < -0.4 is 4.90 Å². The van der Waals surface area contributed by atoms with Gasteiger partial charge in [0.15, 0.2) is 5.82 Å². The largest absolute Gasteiger partial charge is 0.268 e. The monoisotopic (exact) mass is 470 g/mol. The third-order valence-electron chi connectivity index (χ3n) is 5.27. The second-order valence-corrected chi connectivity index (χ2v) is 8.61. The number of carbonyl (C=O) groups is 2. The van der Waals surface area contributed by atoms with Crippen LogP contribution >= 0.6 is 23.4 Å². The van der Waals surface area contributed by atoms with E-state index in [4.69, 9.17) is 11.6 Å². The summed E-state index contributed by atoms with van der Waals surface area (Å²) < 4.78 is 1.48. The molecule has 2 amide bonds. The van der Waals surface area contributed by atoms with Crippen molar-refractivity contribution in [1.82, 2.24) is 9.78 Å². The molecule has 0 saturated carbocycles. The number of hydrogen-bond donors (Lipinski definition) is 0. The van der Waals surface area contributed by atoms with Crippen LogP contribution in [0.1, 0.15) is 31.8 Å². The summed E-state index contributed by atoms with van der Waals surface area (Å²) in [4.78, 5) is 27.5. The predicted molar refractivity (Wildman–Crippen MR) is 127 cm³/mol. The van der Waals surface area contributed by atoms with Crippen molar-refractivity contribution in [2.45, 2.75) is 10.8 Å². The van der Waals surface area contributed by atoms with Crippen molar-refractivity contribution in [3.05, 3.63) is 106 Å². The van der Waals surface area contributed by atoms with Crippen LogP contribution in [-0.2, 0) is 5.75 Å². The number of amides is 2. The van der Waals surface area contributed by atoms with Crippen LogP contribution in [0.3, 0.4) is 0 Å². The Morgan fingerprint density at radius 1 is 0.879 bits per heavy atom. The van der Waals surface area contributed by atoms with Gasteiger partial charge in [-0.3, -0.25) is 9.59 Å². The second-order valence-electron chi connectivity index (χ2n) is 7.23. The molecule has 8 heteroatoms. The number of benzene rings is 3. The van der Waals surface area contributed by atoms with Gasteiger partial charge in [-0.1, -0.05) is 71.9 Å². The number of carbonyl (C=O) groups excluding carboxylic acids is 2. The van der Waals surface area contributed by atoms with Gasteiger partial charge in [0.05, 0.1) is 16.8 Å². The highest BCUT2D eigenvalue weighted by Gasteiger charge is 2.41. The fraction of sp³-hybridized carbons (Fsp3) is 0.0400. The Balaban J connectivity index is 1.64. The number of nitrogens with zero attached hydrogens (tertiary/aromatic N) is 4. The van der Waals surface area contributed by atoms with E-state index in [1.807, 2.05) is 36.4 Å². The number of aromatic nitrogens is 2. The highest BCUT2D eigenvalue weighted by atomic mass is 35.5. The number of halogens is 1. The maximum atomic E-state index is 13.2. The Labute approximate surface area is 199 Å². The molecule has 0 atom stereocenters. The topological polar surface area (TPSA) is 79.0 Å². The number of rotatable bonds is 5. The Hall–Kier alpha value is -3.86. The smallest absolute Gasteiger partial charge is 0.267 e. The first-order chi connectivity index (χ1) is 16.1. The van der Waals surface area contributed by atoms with Crippen molar-refractivity contribution in [2.24, 2.45) is 0 Å². The van der Waals surface area contributed by atoms with Gasteiger partial charge in [0.25, 0.3) is 11.8 Å². The van der Waals surface area contributed by atoms with Crippen LogP contribution in [-0.4, -0.2) is 21.6 Å². The van der Waals surface area contributed by atoms with Crippen LogP contribution in [0.25, 0.3) is 5.69 Å². The minimum absolute atomic E-state index is 0.136. The van der Waals surface area contributed by atoms with E-state index in [0.29, 0.717) is 32.6 Å². The summed E-state index contributed by atoms with van der Waals surface area (Å²) in [5.41, 5.74) is 2.29. The summed E-state index contributed by atoms with van der Waals surface area (Å²) in [6, 6.07) is 25.4. The maximum absolute atomic E-state index is 13.2. The SMILES string of the molecule is N#Cc1c(SCc2ccccc2Cl)nn(-c2ccccc2)c1N1C(=O)c2ccccc2C1=O. The normalized spacial score (nSPS) is 12.7. The van der Waals surface area contributed by atoms with E-state index in [1.54, 1.807) is 42.5 Å². The van der Waals surface area contributed by atoms with Gasteiger partial charge in [0.2, 0.25) is 0 Å². The molecule has 5 rings (SSSR count). The molecule has 0 radical (unpaired) electrons. The van der Waals surface area contributed by atoms with E-state index >= 15 is 0 Å². The van der Waals surface area contributed by atoms with E-state index < -0.39 is 11.8 Å². The van der Waals surface area contributed by atoms with Crippen LogP contribution in [0.4, 0.5) is 5.82 Å². The molecule has 0 saturated heterocycles. The summed E-state index contributed by atoms with van der Waals surface area (Å²) in [6.45, 7) is 0. The van der Waals surface area contributed by atoms with Gasteiger partial charge in [-0.25, -0.2) is 9.58 Å². The third-order valence-corrected chi connectivity index (χ3v) is 6.65. The van der Waals surface area contributed by atoms with Gasteiger partial charge >= 0.3 is 0 Å². The standard InChI is InChI=1S/C25H15ClN4O2S/c26-21-13-7-4-8-16(21)15-33-22-20(14-27)23(30(28-22)17-9-2-1-3-10-17)29-24(31)18-11-5-6-12-19(18)25(29)32/h1-13H,15H2. The van der Waals surface area contributed by atoms with Gasteiger partial charge in [0.1, 0.15) is 16.7 Å². The van der Waals surface area contributed by atoms with Crippen molar-refractivity contribution in [3.8, 4) is 11.8 Å². The van der Waals surface area contributed by atoms with Crippen LogP contribution in [0.2, 0.25) is 5.02 Å². The lowest BCUT2D eigenvalue weighted by atomic mass is 10.1. The van der Waals surface area contributed by atoms with Crippen LogP contribution in [0.5, 0.6) is 0 Å². The number of thioether (sulfide) groups is 1. The van der Waals surface area contributed by atoms with Crippen molar-refractivity contribution in [1.29, 1.82) is 5.26 Å². The maximum Gasteiger partial charge on any atom is 0.267 e. The van der Waals surface area contributed by atoms with Crippen molar-refractivity contribution in [2.75, 3.05) is 4.90 Å². The molecule has 33 heavy (non-hydrogen) atoms. The van der Waals surface area contributed by atoms with E-state index in [2.05, 4.69) is 11.2 Å². The second kappa shape index (κ2) is 8.58. The Bertz CT molecular complexity index is 1410. The minimum Gasteiger partial charge on any atom is -0.268 e. The molecule has 0 aliphatic carbocycles. The molecule has 0 fully saturated rings. The molecule has 1 aromatic heterocycles. The summed E-state index contributed by atoms with van der Waals surface area (Å²) in [5.74, 6) is -0.350. The molecular weight excluding hydrogens is 456 g/mol. The molecule has 1 aliphatic rings. The average Bonchev–Trinajstić information content (AvgIpc) is 3.33. The fourth-order valence-electron chi connectivity index (χ4n) is 3.69. The van der Waals surface area contributed by atoms with Crippen molar-refractivity contribution in [3.63, 3.8) is 0 Å². The molecule has 0 unspecified atom stereocenters. The zero-order chi connectivity index (χ0) is 22.9. The number of para-hydroxylation sites is 1. The zero-order valence-electron chi connectivity index (χ0n) is 17.1. The molecule has 4 aromatic rings. The van der Waals surface area contributed by atoms with Gasteiger partial charge in [-0.2, -0.15) is 10.4 Å². The molecule has 1 aliphatic heterocycles. The Kier molecular flexibility index (Phi) is 5.47. The van der Waals surface area contributed by atoms with E-state index in [0.717, 1.165) is 10.5 Å². The first-order valence-corrected chi connectivity index (χ1v) is 11.4. The molecule has 0 spiro atoms. The Morgan fingerprint density at radius 2 is 1.48 bits per heavy atom. The highest BCUT2D eigenvalue weighted by molar-refractivity contribution is 7.98. The van der Waals surface area contributed by atoms with Gasteiger partial charge < -0.3 is 0 Å². The molecule has 3 aromatic carbocycles. The first kappa shape index (κ1) is 21.0. The lowest BCUT2D eigenvalue weighted by Crippen LogP contribution is -2.32.